The van der Waals surface area contributed by atoms with E-state index in [-0.39, 0.29) is 12.5 Å². The first kappa shape index (κ1) is 13.6. The monoisotopic (exact) mass is 265 g/mol. The number of likely N-dealkylation sites (tertiary alicyclic amines) is 1. The molecule has 1 aliphatic rings. The maximum atomic E-state index is 12.4. The van der Waals surface area contributed by atoms with E-state index < -0.39 is 11.4 Å². The van der Waals surface area contributed by atoms with Gasteiger partial charge in [0.1, 0.15) is 0 Å². The highest BCUT2D eigenvalue weighted by Gasteiger charge is 2.39. The summed E-state index contributed by atoms with van der Waals surface area (Å²) in [5.41, 5.74) is 0.508. The van der Waals surface area contributed by atoms with Gasteiger partial charge in [-0.15, -0.1) is 0 Å². The fraction of sp³-hybridized carbons (Fsp3) is 0.615. The molecule has 2 rings (SSSR count). The molecule has 2 heterocycles. The highest BCUT2D eigenvalue weighted by molar-refractivity contribution is 5.95. The third kappa shape index (κ3) is 2.34. The lowest BCUT2D eigenvalue weighted by Crippen LogP contribution is -2.48. The normalized spacial score (nSPS) is 23.4. The molecule has 6 heteroatoms. The summed E-state index contributed by atoms with van der Waals surface area (Å²) in [6.45, 7) is 4.40. The molecule has 1 aromatic rings. The van der Waals surface area contributed by atoms with Gasteiger partial charge in [-0.3, -0.25) is 14.3 Å². The molecule has 1 atom stereocenters. The number of carbonyl (C=O) groups excluding carboxylic acids is 1. The van der Waals surface area contributed by atoms with Gasteiger partial charge in [-0.1, -0.05) is 0 Å². The smallest absolute Gasteiger partial charge is 0.311 e. The lowest BCUT2D eigenvalue weighted by atomic mass is 9.82. The molecule has 1 N–H and O–H groups in total. The summed E-state index contributed by atoms with van der Waals surface area (Å²) in [7, 11) is 1.78. The Hall–Kier alpha value is -1.85. The van der Waals surface area contributed by atoms with Crippen molar-refractivity contribution >= 4 is 11.9 Å². The van der Waals surface area contributed by atoms with Crippen LogP contribution in [0.1, 0.15) is 35.8 Å². The van der Waals surface area contributed by atoms with Gasteiger partial charge in [0.15, 0.2) is 0 Å². The number of nitrogens with zero attached hydrogens (tertiary/aromatic N) is 3. The van der Waals surface area contributed by atoms with Gasteiger partial charge in [0.05, 0.1) is 17.2 Å². The number of aromatic nitrogens is 2. The largest absolute Gasteiger partial charge is 0.481 e. The maximum Gasteiger partial charge on any atom is 0.311 e. The van der Waals surface area contributed by atoms with E-state index in [0.29, 0.717) is 24.9 Å². The molecule has 0 aliphatic carbocycles. The van der Waals surface area contributed by atoms with Crippen molar-refractivity contribution in [1.29, 1.82) is 0 Å². The van der Waals surface area contributed by atoms with Gasteiger partial charge < -0.3 is 10.0 Å². The Morgan fingerprint density at radius 3 is 2.68 bits per heavy atom. The summed E-state index contributed by atoms with van der Waals surface area (Å²) < 4.78 is 1.65. The minimum Gasteiger partial charge on any atom is -0.481 e. The van der Waals surface area contributed by atoms with Crippen molar-refractivity contribution in [2.24, 2.45) is 12.5 Å². The van der Waals surface area contributed by atoms with Crippen LogP contribution in [0.2, 0.25) is 0 Å². The Labute approximate surface area is 112 Å². The first-order valence-electron chi connectivity index (χ1n) is 6.36. The maximum absolute atomic E-state index is 12.4. The highest BCUT2D eigenvalue weighted by atomic mass is 16.4. The van der Waals surface area contributed by atoms with Crippen LogP contribution in [-0.2, 0) is 11.8 Å². The second-order valence-corrected chi connectivity index (χ2v) is 5.46. The molecule has 0 saturated carbocycles. The van der Waals surface area contributed by atoms with Crippen molar-refractivity contribution < 1.29 is 14.7 Å². The molecule has 1 aromatic heterocycles. The average Bonchev–Trinajstić information content (AvgIpc) is 2.69. The van der Waals surface area contributed by atoms with Gasteiger partial charge in [-0.2, -0.15) is 5.10 Å². The molecule has 0 spiro atoms. The van der Waals surface area contributed by atoms with E-state index in [0.717, 1.165) is 5.69 Å². The predicted octanol–water partition coefficient (Wildman–Crippen LogP) is 1.06. The zero-order valence-corrected chi connectivity index (χ0v) is 11.5. The first-order valence-corrected chi connectivity index (χ1v) is 6.36. The van der Waals surface area contributed by atoms with Crippen molar-refractivity contribution in [3.63, 3.8) is 0 Å². The molecule has 104 valence electrons. The van der Waals surface area contributed by atoms with Crippen LogP contribution in [0, 0.1) is 12.3 Å². The summed E-state index contributed by atoms with van der Waals surface area (Å²) in [5.74, 6) is -0.967. The molecule has 1 amide bonds. The lowest BCUT2D eigenvalue weighted by Gasteiger charge is -2.37. The van der Waals surface area contributed by atoms with Gasteiger partial charge in [0.25, 0.3) is 5.91 Å². The molecular formula is C13H19N3O3. The average molecular weight is 265 g/mol. The van der Waals surface area contributed by atoms with E-state index >= 15 is 0 Å². The number of carbonyl (C=O) groups is 2. The van der Waals surface area contributed by atoms with Crippen molar-refractivity contribution in [1.82, 2.24) is 14.7 Å². The van der Waals surface area contributed by atoms with E-state index in [4.69, 9.17) is 0 Å². The number of amides is 1. The second-order valence-electron chi connectivity index (χ2n) is 5.46. The van der Waals surface area contributed by atoms with Gasteiger partial charge in [0, 0.05) is 25.8 Å². The Kier molecular flexibility index (Phi) is 3.34. The summed E-state index contributed by atoms with van der Waals surface area (Å²) in [4.78, 5) is 25.3. The van der Waals surface area contributed by atoms with Crippen molar-refractivity contribution in [2.45, 2.75) is 26.7 Å². The summed E-state index contributed by atoms with van der Waals surface area (Å²) >= 11 is 0. The van der Waals surface area contributed by atoms with Crippen molar-refractivity contribution in [3.05, 3.63) is 17.5 Å². The summed E-state index contributed by atoms with van der Waals surface area (Å²) in [5, 5.41) is 13.3. The SMILES string of the molecule is Cc1c(C(=O)N2CCCC(C)(C(=O)O)C2)cnn1C. The van der Waals surface area contributed by atoms with Crippen LogP contribution in [-0.4, -0.2) is 44.8 Å². The van der Waals surface area contributed by atoms with Crippen molar-refractivity contribution in [3.8, 4) is 0 Å². The van der Waals surface area contributed by atoms with Crippen LogP contribution in [0.3, 0.4) is 0 Å². The lowest BCUT2D eigenvalue weighted by molar-refractivity contribution is -0.150. The molecule has 0 aromatic carbocycles. The second kappa shape index (κ2) is 4.68. The van der Waals surface area contributed by atoms with Gasteiger partial charge in [-0.05, 0) is 26.7 Å². The molecular weight excluding hydrogens is 246 g/mol. The third-order valence-electron chi connectivity index (χ3n) is 3.97. The predicted molar refractivity (Wildman–Crippen MR) is 68.8 cm³/mol. The molecule has 1 saturated heterocycles. The number of piperidine rings is 1. The summed E-state index contributed by atoms with van der Waals surface area (Å²) in [6, 6.07) is 0. The minimum absolute atomic E-state index is 0.127. The van der Waals surface area contributed by atoms with Crippen LogP contribution in [0.25, 0.3) is 0 Å². The number of hydrogen-bond donors (Lipinski definition) is 1. The van der Waals surface area contributed by atoms with Crippen molar-refractivity contribution in [2.75, 3.05) is 13.1 Å². The minimum atomic E-state index is -0.843. The van der Waals surface area contributed by atoms with Crippen LogP contribution in [0.15, 0.2) is 6.20 Å². The zero-order valence-electron chi connectivity index (χ0n) is 11.5. The van der Waals surface area contributed by atoms with E-state index in [1.165, 1.54) is 0 Å². The fourth-order valence-electron chi connectivity index (χ4n) is 2.47. The molecule has 0 radical (unpaired) electrons. The zero-order chi connectivity index (χ0) is 14.2. The van der Waals surface area contributed by atoms with Crippen LogP contribution < -0.4 is 0 Å². The molecule has 1 unspecified atom stereocenters. The van der Waals surface area contributed by atoms with Crippen LogP contribution in [0.5, 0.6) is 0 Å². The van der Waals surface area contributed by atoms with Crippen LogP contribution >= 0.6 is 0 Å². The molecule has 1 aliphatic heterocycles. The summed E-state index contributed by atoms with van der Waals surface area (Å²) in [6.07, 6.45) is 2.87. The number of aryl methyl sites for hydroxylation is 1. The number of rotatable bonds is 2. The van der Waals surface area contributed by atoms with E-state index in [2.05, 4.69) is 5.10 Å². The quantitative estimate of drug-likeness (QED) is 0.867. The third-order valence-corrected chi connectivity index (χ3v) is 3.97. The topological polar surface area (TPSA) is 75.4 Å². The fourth-order valence-corrected chi connectivity index (χ4v) is 2.47. The molecule has 19 heavy (non-hydrogen) atoms. The Bertz CT molecular complexity index is 523. The Morgan fingerprint density at radius 1 is 1.47 bits per heavy atom. The number of aliphatic carboxylic acids is 1. The number of carboxylic acid groups (broad SMARTS) is 1. The highest BCUT2D eigenvalue weighted by Crippen LogP contribution is 2.30. The van der Waals surface area contributed by atoms with Gasteiger partial charge >= 0.3 is 5.97 Å². The Morgan fingerprint density at radius 2 is 2.16 bits per heavy atom. The van der Waals surface area contributed by atoms with E-state index in [9.17, 15) is 14.7 Å². The number of carboxylic acids is 1. The van der Waals surface area contributed by atoms with Gasteiger partial charge in [0.2, 0.25) is 0 Å². The van der Waals surface area contributed by atoms with E-state index in [1.54, 1.807) is 29.7 Å². The van der Waals surface area contributed by atoms with Gasteiger partial charge in [-0.25, -0.2) is 0 Å². The van der Waals surface area contributed by atoms with E-state index in [1.807, 2.05) is 6.92 Å². The molecule has 6 nitrogen and oxygen atoms in total. The Balaban J connectivity index is 2.20. The first-order chi connectivity index (χ1) is 8.85. The molecule has 1 fully saturated rings. The number of hydrogen-bond acceptors (Lipinski definition) is 3. The standard InChI is InChI=1S/C13H19N3O3/c1-9-10(7-14-15(9)3)11(17)16-6-4-5-13(2,8-16)12(18)19/h7H,4-6,8H2,1-3H3,(H,18,19). The molecule has 0 bridgehead atoms. The van der Waals surface area contributed by atoms with Crippen LogP contribution in [0.4, 0.5) is 0 Å².